The largest absolute Gasteiger partial charge is 0.370 e. The van der Waals surface area contributed by atoms with Crippen LogP contribution in [0.4, 0.5) is 11.4 Å². The molecule has 0 unspecified atom stereocenters. The Kier molecular flexibility index (Phi) is 4.57. The summed E-state index contributed by atoms with van der Waals surface area (Å²) in [6, 6.07) is 5.16. The molecule has 1 aromatic rings. The zero-order valence-electron chi connectivity index (χ0n) is 11.4. The second-order valence-electron chi connectivity index (χ2n) is 4.88. The van der Waals surface area contributed by atoms with E-state index in [0.717, 1.165) is 31.6 Å². The van der Waals surface area contributed by atoms with Crippen molar-refractivity contribution in [3.05, 3.63) is 23.8 Å². The molecule has 1 aliphatic heterocycles. The van der Waals surface area contributed by atoms with Crippen LogP contribution in [0.5, 0.6) is 0 Å². The maximum absolute atomic E-state index is 11.7. The number of carbonyl (C=O) groups is 2. The zero-order valence-corrected chi connectivity index (χ0v) is 11.4. The molecular weight excluding hydrogens is 256 g/mol. The number of rotatable bonds is 5. The average Bonchev–Trinajstić information content (AvgIpc) is 2.92. The van der Waals surface area contributed by atoms with E-state index in [1.807, 2.05) is 6.07 Å². The number of primary amides is 1. The van der Waals surface area contributed by atoms with Crippen molar-refractivity contribution in [2.45, 2.75) is 19.3 Å². The van der Waals surface area contributed by atoms with Gasteiger partial charge in [-0.15, -0.1) is 0 Å². The first-order valence-corrected chi connectivity index (χ1v) is 6.80. The standard InChI is InChI=1S/C14H20N4O2/c15-6-5-13(19)17-11-9-10(14(16)20)3-4-12(11)18-7-1-2-8-18/h3-4,9H,1-2,5-8,15H2,(H2,16,20)(H,17,19). The van der Waals surface area contributed by atoms with Gasteiger partial charge >= 0.3 is 0 Å². The molecule has 1 fully saturated rings. The summed E-state index contributed by atoms with van der Waals surface area (Å²) in [4.78, 5) is 25.2. The van der Waals surface area contributed by atoms with Crippen molar-refractivity contribution in [3.63, 3.8) is 0 Å². The summed E-state index contributed by atoms with van der Waals surface area (Å²) < 4.78 is 0. The fourth-order valence-electron chi connectivity index (χ4n) is 2.37. The minimum atomic E-state index is -0.507. The van der Waals surface area contributed by atoms with Crippen LogP contribution in [0.15, 0.2) is 18.2 Å². The van der Waals surface area contributed by atoms with E-state index in [1.165, 1.54) is 0 Å². The minimum Gasteiger partial charge on any atom is -0.370 e. The van der Waals surface area contributed by atoms with Gasteiger partial charge in [0.15, 0.2) is 0 Å². The molecule has 0 atom stereocenters. The summed E-state index contributed by atoms with van der Waals surface area (Å²) in [6.07, 6.45) is 2.52. The SMILES string of the molecule is NCCC(=O)Nc1cc(C(N)=O)ccc1N1CCCC1. The van der Waals surface area contributed by atoms with E-state index in [-0.39, 0.29) is 12.3 Å². The van der Waals surface area contributed by atoms with Crippen LogP contribution in [0.25, 0.3) is 0 Å². The van der Waals surface area contributed by atoms with Crippen molar-refractivity contribution in [2.75, 3.05) is 29.9 Å². The number of nitrogens with zero attached hydrogens (tertiary/aromatic N) is 1. The van der Waals surface area contributed by atoms with Gasteiger partial charge in [-0.3, -0.25) is 9.59 Å². The highest BCUT2D eigenvalue weighted by Crippen LogP contribution is 2.30. The van der Waals surface area contributed by atoms with Crippen molar-refractivity contribution in [2.24, 2.45) is 11.5 Å². The Balaban J connectivity index is 2.29. The maximum Gasteiger partial charge on any atom is 0.248 e. The molecule has 2 amide bonds. The molecule has 5 N–H and O–H groups in total. The predicted molar refractivity (Wildman–Crippen MR) is 78.7 cm³/mol. The number of anilines is 2. The molecule has 1 heterocycles. The van der Waals surface area contributed by atoms with Crippen molar-refractivity contribution in [1.29, 1.82) is 0 Å². The number of nitrogens with two attached hydrogens (primary N) is 2. The number of amides is 2. The third-order valence-electron chi connectivity index (χ3n) is 3.37. The number of nitrogens with one attached hydrogen (secondary N) is 1. The summed E-state index contributed by atoms with van der Waals surface area (Å²) >= 11 is 0. The van der Waals surface area contributed by atoms with Gasteiger partial charge in [-0.1, -0.05) is 0 Å². The van der Waals surface area contributed by atoms with E-state index >= 15 is 0 Å². The predicted octanol–water partition coefficient (Wildman–Crippen LogP) is 0.673. The molecule has 6 nitrogen and oxygen atoms in total. The lowest BCUT2D eigenvalue weighted by Gasteiger charge is -2.22. The molecule has 0 radical (unpaired) electrons. The maximum atomic E-state index is 11.7. The third-order valence-corrected chi connectivity index (χ3v) is 3.37. The highest BCUT2D eigenvalue weighted by atomic mass is 16.2. The fourth-order valence-corrected chi connectivity index (χ4v) is 2.37. The Morgan fingerprint density at radius 3 is 2.55 bits per heavy atom. The molecule has 2 rings (SSSR count). The molecular formula is C14H20N4O2. The average molecular weight is 276 g/mol. The molecule has 108 valence electrons. The lowest BCUT2D eigenvalue weighted by Crippen LogP contribution is -2.23. The number of benzene rings is 1. The molecule has 6 heteroatoms. The lowest BCUT2D eigenvalue weighted by molar-refractivity contribution is -0.116. The molecule has 0 aliphatic carbocycles. The van der Waals surface area contributed by atoms with Crippen LogP contribution in [-0.2, 0) is 4.79 Å². The lowest BCUT2D eigenvalue weighted by atomic mass is 10.1. The first-order valence-electron chi connectivity index (χ1n) is 6.80. The van der Waals surface area contributed by atoms with Gasteiger partial charge in [0, 0.05) is 31.6 Å². The molecule has 1 aromatic carbocycles. The summed E-state index contributed by atoms with van der Waals surface area (Å²) in [5.41, 5.74) is 12.6. The van der Waals surface area contributed by atoms with Gasteiger partial charge in [-0.05, 0) is 31.0 Å². The fraction of sp³-hybridized carbons (Fsp3) is 0.429. The summed E-state index contributed by atoms with van der Waals surface area (Å²) in [6.45, 7) is 2.20. The minimum absolute atomic E-state index is 0.158. The molecule has 0 spiro atoms. The second kappa shape index (κ2) is 6.38. The van der Waals surface area contributed by atoms with E-state index in [1.54, 1.807) is 12.1 Å². The van der Waals surface area contributed by atoms with Crippen molar-refractivity contribution in [3.8, 4) is 0 Å². The number of hydrogen-bond donors (Lipinski definition) is 3. The Morgan fingerprint density at radius 1 is 1.25 bits per heavy atom. The molecule has 1 aliphatic rings. The van der Waals surface area contributed by atoms with Crippen LogP contribution in [0, 0.1) is 0 Å². The van der Waals surface area contributed by atoms with Crippen LogP contribution in [0.3, 0.4) is 0 Å². The number of hydrogen-bond acceptors (Lipinski definition) is 4. The molecule has 0 bridgehead atoms. The van der Waals surface area contributed by atoms with Crippen molar-refractivity contribution in [1.82, 2.24) is 0 Å². The second-order valence-corrected chi connectivity index (χ2v) is 4.88. The van der Waals surface area contributed by atoms with Gasteiger partial charge in [0.05, 0.1) is 11.4 Å². The van der Waals surface area contributed by atoms with Crippen molar-refractivity contribution < 1.29 is 9.59 Å². The van der Waals surface area contributed by atoms with Crippen molar-refractivity contribution >= 4 is 23.2 Å². The van der Waals surface area contributed by atoms with Crippen LogP contribution in [0.1, 0.15) is 29.6 Å². The van der Waals surface area contributed by atoms with Crippen LogP contribution >= 0.6 is 0 Å². The van der Waals surface area contributed by atoms with Crippen LogP contribution in [0.2, 0.25) is 0 Å². The Labute approximate surface area is 118 Å². The van der Waals surface area contributed by atoms with E-state index in [9.17, 15) is 9.59 Å². The Bertz CT molecular complexity index is 510. The zero-order chi connectivity index (χ0) is 14.5. The molecule has 0 aromatic heterocycles. The Hall–Kier alpha value is -2.08. The van der Waals surface area contributed by atoms with Gasteiger partial charge in [0.1, 0.15) is 0 Å². The molecule has 0 saturated carbocycles. The van der Waals surface area contributed by atoms with Gasteiger partial charge < -0.3 is 21.7 Å². The monoisotopic (exact) mass is 276 g/mol. The first-order chi connectivity index (χ1) is 9.61. The summed E-state index contributed by atoms with van der Waals surface area (Å²) in [7, 11) is 0. The molecule has 1 saturated heterocycles. The third kappa shape index (κ3) is 3.27. The topological polar surface area (TPSA) is 101 Å². The highest BCUT2D eigenvalue weighted by molar-refractivity contribution is 5.99. The van der Waals surface area contributed by atoms with Gasteiger partial charge in [0.2, 0.25) is 11.8 Å². The van der Waals surface area contributed by atoms with Crippen LogP contribution in [-0.4, -0.2) is 31.4 Å². The summed E-state index contributed by atoms with van der Waals surface area (Å²) in [5, 5.41) is 2.82. The van der Waals surface area contributed by atoms with E-state index in [0.29, 0.717) is 17.8 Å². The van der Waals surface area contributed by atoms with E-state index in [4.69, 9.17) is 11.5 Å². The normalized spacial score (nSPS) is 14.3. The number of carbonyl (C=O) groups excluding carboxylic acids is 2. The highest BCUT2D eigenvalue weighted by Gasteiger charge is 2.18. The Morgan fingerprint density at radius 2 is 1.95 bits per heavy atom. The van der Waals surface area contributed by atoms with E-state index < -0.39 is 5.91 Å². The van der Waals surface area contributed by atoms with Gasteiger partial charge in [-0.2, -0.15) is 0 Å². The smallest absolute Gasteiger partial charge is 0.248 e. The van der Waals surface area contributed by atoms with Gasteiger partial charge in [-0.25, -0.2) is 0 Å². The van der Waals surface area contributed by atoms with E-state index in [2.05, 4.69) is 10.2 Å². The first kappa shape index (κ1) is 14.3. The summed E-state index contributed by atoms with van der Waals surface area (Å²) in [5.74, 6) is -0.665. The quantitative estimate of drug-likeness (QED) is 0.735. The molecule has 20 heavy (non-hydrogen) atoms. The van der Waals surface area contributed by atoms with Gasteiger partial charge in [0.25, 0.3) is 0 Å². The van der Waals surface area contributed by atoms with Crippen LogP contribution < -0.4 is 21.7 Å².